The average molecular weight is 185 g/mol. The first-order valence-corrected chi connectivity index (χ1v) is 4.89. The van der Waals surface area contributed by atoms with Crippen LogP contribution in [0, 0.1) is 0 Å². The molecule has 1 unspecified atom stereocenters. The van der Waals surface area contributed by atoms with Crippen LogP contribution in [-0.4, -0.2) is 49.6 Å². The molecular weight excluding hydrogens is 166 g/mol. The lowest BCUT2D eigenvalue weighted by atomic mass is 10.2. The molecule has 0 aromatic heterocycles. The number of carbonyl (C=O) groups is 1. The number of amides is 1. The second kappa shape index (κ2) is 5.19. The van der Waals surface area contributed by atoms with E-state index < -0.39 is 0 Å². The monoisotopic (exact) mass is 185 g/mol. The molecule has 4 nitrogen and oxygen atoms in total. The van der Waals surface area contributed by atoms with Gasteiger partial charge in [0.2, 0.25) is 5.91 Å². The molecule has 1 aliphatic heterocycles. The molecule has 1 aliphatic rings. The van der Waals surface area contributed by atoms with Crippen molar-refractivity contribution in [3.8, 4) is 0 Å². The van der Waals surface area contributed by atoms with Crippen molar-refractivity contribution in [2.75, 3.05) is 32.7 Å². The van der Waals surface area contributed by atoms with Crippen molar-refractivity contribution in [1.29, 1.82) is 0 Å². The predicted molar refractivity (Wildman–Crippen MR) is 52.6 cm³/mol. The van der Waals surface area contributed by atoms with Gasteiger partial charge in [-0.05, 0) is 6.92 Å². The van der Waals surface area contributed by atoms with Gasteiger partial charge < -0.3 is 10.6 Å². The van der Waals surface area contributed by atoms with Crippen molar-refractivity contribution in [3.63, 3.8) is 0 Å². The molecule has 1 heterocycles. The van der Waals surface area contributed by atoms with E-state index in [1.165, 1.54) is 0 Å². The highest BCUT2D eigenvalue weighted by Crippen LogP contribution is 2.00. The summed E-state index contributed by atoms with van der Waals surface area (Å²) < 4.78 is 0. The van der Waals surface area contributed by atoms with E-state index >= 15 is 0 Å². The summed E-state index contributed by atoms with van der Waals surface area (Å²) in [6.07, 6.45) is 0. The van der Waals surface area contributed by atoms with Crippen molar-refractivity contribution >= 4 is 5.91 Å². The number of hydrogen-bond donors (Lipinski definition) is 2. The molecule has 1 amide bonds. The molecule has 0 saturated carbocycles. The summed E-state index contributed by atoms with van der Waals surface area (Å²) in [4.78, 5) is 13.0. The molecule has 4 heteroatoms. The summed E-state index contributed by atoms with van der Waals surface area (Å²) in [5.41, 5.74) is 0. The van der Waals surface area contributed by atoms with E-state index in [4.69, 9.17) is 0 Å². The fourth-order valence-corrected chi connectivity index (χ4v) is 1.59. The highest BCUT2D eigenvalue weighted by atomic mass is 16.1. The zero-order valence-electron chi connectivity index (χ0n) is 8.47. The van der Waals surface area contributed by atoms with Gasteiger partial charge >= 0.3 is 0 Å². The molecule has 0 aliphatic carbocycles. The van der Waals surface area contributed by atoms with E-state index in [0.29, 0.717) is 6.04 Å². The third kappa shape index (κ3) is 3.74. The van der Waals surface area contributed by atoms with Crippen LogP contribution >= 0.6 is 0 Å². The van der Waals surface area contributed by atoms with E-state index in [9.17, 15) is 4.79 Å². The zero-order chi connectivity index (χ0) is 9.68. The highest BCUT2D eigenvalue weighted by Gasteiger charge is 2.16. The van der Waals surface area contributed by atoms with Gasteiger partial charge in [0.25, 0.3) is 0 Å². The summed E-state index contributed by atoms with van der Waals surface area (Å²) in [5.74, 6) is 0.0581. The Morgan fingerprint density at radius 3 is 3.08 bits per heavy atom. The minimum Gasteiger partial charge on any atom is -0.355 e. The molecule has 1 atom stereocenters. The van der Waals surface area contributed by atoms with Crippen molar-refractivity contribution in [2.45, 2.75) is 19.9 Å². The van der Waals surface area contributed by atoms with E-state index in [2.05, 4.69) is 22.5 Å². The smallest absolute Gasteiger partial charge is 0.216 e. The Morgan fingerprint density at radius 1 is 1.69 bits per heavy atom. The van der Waals surface area contributed by atoms with Gasteiger partial charge in [-0.1, -0.05) is 0 Å². The molecule has 0 bridgehead atoms. The maximum absolute atomic E-state index is 10.6. The molecule has 0 radical (unpaired) electrons. The highest BCUT2D eigenvalue weighted by molar-refractivity contribution is 5.72. The molecule has 0 aromatic carbocycles. The molecule has 0 aromatic rings. The summed E-state index contributed by atoms with van der Waals surface area (Å²) >= 11 is 0. The number of piperazine rings is 1. The molecule has 0 spiro atoms. The second-order valence-corrected chi connectivity index (χ2v) is 3.57. The molecule has 2 N–H and O–H groups in total. The van der Waals surface area contributed by atoms with E-state index in [1.807, 2.05) is 0 Å². The summed E-state index contributed by atoms with van der Waals surface area (Å²) in [7, 11) is 0. The van der Waals surface area contributed by atoms with Crippen molar-refractivity contribution < 1.29 is 4.79 Å². The van der Waals surface area contributed by atoms with Crippen LogP contribution in [0.4, 0.5) is 0 Å². The quantitative estimate of drug-likeness (QED) is 0.618. The van der Waals surface area contributed by atoms with Crippen LogP contribution < -0.4 is 10.6 Å². The first-order valence-electron chi connectivity index (χ1n) is 4.89. The van der Waals surface area contributed by atoms with Crippen molar-refractivity contribution in [2.24, 2.45) is 0 Å². The topological polar surface area (TPSA) is 44.4 Å². The third-order valence-corrected chi connectivity index (χ3v) is 2.41. The van der Waals surface area contributed by atoms with Gasteiger partial charge in [-0.15, -0.1) is 0 Å². The lowest BCUT2D eigenvalue weighted by Crippen LogP contribution is -2.51. The normalized spacial score (nSPS) is 24.3. The number of nitrogens with one attached hydrogen (secondary N) is 2. The first-order chi connectivity index (χ1) is 6.20. The van der Waals surface area contributed by atoms with Gasteiger partial charge in [-0.2, -0.15) is 0 Å². The molecule has 1 fully saturated rings. The van der Waals surface area contributed by atoms with Crippen LogP contribution in [0.3, 0.4) is 0 Å². The van der Waals surface area contributed by atoms with Crippen LogP contribution in [0.25, 0.3) is 0 Å². The SMILES string of the molecule is CC(=O)NCCN1CCNCC1C. The van der Waals surface area contributed by atoms with E-state index in [1.54, 1.807) is 6.92 Å². The Morgan fingerprint density at radius 2 is 2.46 bits per heavy atom. The van der Waals surface area contributed by atoms with Gasteiger partial charge in [-0.3, -0.25) is 9.69 Å². The van der Waals surface area contributed by atoms with Gasteiger partial charge in [0.1, 0.15) is 0 Å². The Bertz CT molecular complexity index is 172. The van der Waals surface area contributed by atoms with Crippen molar-refractivity contribution in [1.82, 2.24) is 15.5 Å². The van der Waals surface area contributed by atoms with Gasteiger partial charge in [0, 0.05) is 45.7 Å². The second-order valence-electron chi connectivity index (χ2n) is 3.57. The summed E-state index contributed by atoms with van der Waals surface area (Å²) in [6.45, 7) is 8.69. The summed E-state index contributed by atoms with van der Waals surface area (Å²) in [5, 5.41) is 6.15. The lowest BCUT2D eigenvalue weighted by Gasteiger charge is -2.33. The van der Waals surface area contributed by atoms with E-state index in [0.717, 1.165) is 32.7 Å². The van der Waals surface area contributed by atoms with Gasteiger partial charge in [-0.25, -0.2) is 0 Å². The molecule has 1 saturated heterocycles. The van der Waals surface area contributed by atoms with Crippen molar-refractivity contribution in [3.05, 3.63) is 0 Å². The Hall–Kier alpha value is -0.610. The Balaban J connectivity index is 2.15. The number of hydrogen-bond acceptors (Lipinski definition) is 3. The molecular formula is C9H19N3O. The first kappa shape index (κ1) is 10.5. The molecule has 76 valence electrons. The molecule has 1 rings (SSSR count). The average Bonchev–Trinajstić information content (AvgIpc) is 2.08. The van der Waals surface area contributed by atoms with E-state index in [-0.39, 0.29) is 5.91 Å². The maximum atomic E-state index is 10.6. The van der Waals surface area contributed by atoms with Crippen LogP contribution in [0.5, 0.6) is 0 Å². The number of nitrogens with zero attached hydrogens (tertiary/aromatic N) is 1. The Labute approximate surface area is 79.7 Å². The van der Waals surface area contributed by atoms with Crippen LogP contribution in [0.2, 0.25) is 0 Å². The standard InChI is InChI=1S/C9H19N3O/c1-8-7-10-3-5-12(8)6-4-11-9(2)13/h8,10H,3-7H2,1-2H3,(H,11,13). The van der Waals surface area contributed by atoms with Crippen LogP contribution in [0.1, 0.15) is 13.8 Å². The number of rotatable bonds is 3. The zero-order valence-corrected chi connectivity index (χ0v) is 8.47. The minimum atomic E-state index is 0.0581. The van der Waals surface area contributed by atoms with Gasteiger partial charge in [0.15, 0.2) is 0 Å². The van der Waals surface area contributed by atoms with Gasteiger partial charge in [0.05, 0.1) is 0 Å². The maximum Gasteiger partial charge on any atom is 0.216 e. The van der Waals surface area contributed by atoms with Crippen LogP contribution in [-0.2, 0) is 4.79 Å². The lowest BCUT2D eigenvalue weighted by molar-refractivity contribution is -0.119. The van der Waals surface area contributed by atoms with Crippen LogP contribution in [0.15, 0.2) is 0 Å². The summed E-state index contributed by atoms with van der Waals surface area (Å²) in [6, 6.07) is 0.586. The third-order valence-electron chi connectivity index (χ3n) is 2.41. The largest absolute Gasteiger partial charge is 0.355 e. The fourth-order valence-electron chi connectivity index (χ4n) is 1.59. The predicted octanol–water partition coefficient (Wildman–Crippen LogP) is -0.584. The minimum absolute atomic E-state index is 0.0581. The number of carbonyl (C=O) groups excluding carboxylic acids is 1. The fraction of sp³-hybridized carbons (Fsp3) is 0.889. The Kier molecular flexibility index (Phi) is 4.18. The molecule has 13 heavy (non-hydrogen) atoms.